The Morgan fingerprint density at radius 3 is 2.35 bits per heavy atom. The lowest BCUT2D eigenvalue weighted by atomic mass is 9.94. The lowest BCUT2D eigenvalue weighted by molar-refractivity contribution is -0.132. The van der Waals surface area contributed by atoms with E-state index in [1.54, 1.807) is 42.5 Å². The van der Waals surface area contributed by atoms with Crippen LogP contribution in [0.15, 0.2) is 72.3 Å². The molecule has 1 N–H and O–H groups in total. The monoisotopic (exact) mass is 508 g/mol. The van der Waals surface area contributed by atoms with Crippen LogP contribution in [0.3, 0.4) is 0 Å². The predicted octanol–water partition coefficient (Wildman–Crippen LogP) is 6.79. The Bertz CT molecular complexity index is 1460. The summed E-state index contributed by atoms with van der Waals surface area (Å²) in [7, 11) is 0. The second-order valence-corrected chi connectivity index (χ2v) is 9.76. The van der Waals surface area contributed by atoms with E-state index in [1.165, 1.54) is 16.2 Å². The van der Waals surface area contributed by atoms with Gasteiger partial charge in [0.2, 0.25) is 0 Å². The lowest BCUT2D eigenvalue weighted by Crippen LogP contribution is -2.29. The average molecular weight is 509 g/mol. The minimum atomic E-state index is -0.836. The molecule has 1 aliphatic rings. The minimum Gasteiger partial charge on any atom is -0.507 e. The summed E-state index contributed by atoms with van der Waals surface area (Å²) >= 11 is 13.4. The quantitative estimate of drug-likeness (QED) is 0.187. The van der Waals surface area contributed by atoms with Crippen LogP contribution >= 0.6 is 34.5 Å². The molecule has 1 unspecified atom stereocenters. The van der Waals surface area contributed by atoms with E-state index in [4.69, 9.17) is 23.2 Å². The number of hydrogen-bond acceptors (Lipinski definition) is 5. The Morgan fingerprint density at radius 2 is 1.68 bits per heavy atom. The van der Waals surface area contributed by atoms with Crippen LogP contribution in [0, 0.1) is 0 Å². The fourth-order valence-corrected chi connectivity index (χ4v) is 5.43. The molecule has 5 rings (SSSR count). The summed E-state index contributed by atoms with van der Waals surface area (Å²) in [5, 5.41) is 12.6. The molecule has 5 nitrogen and oxygen atoms in total. The van der Waals surface area contributed by atoms with Gasteiger partial charge >= 0.3 is 5.91 Å². The molecule has 4 aromatic rings. The number of ketones is 1. The minimum absolute atomic E-state index is 0.00820. The number of aryl methyl sites for hydroxylation is 1. The van der Waals surface area contributed by atoms with Gasteiger partial charge in [0.25, 0.3) is 5.78 Å². The lowest BCUT2D eigenvalue weighted by Gasteiger charge is -2.23. The van der Waals surface area contributed by atoms with Crippen LogP contribution in [0.25, 0.3) is 16.0 Å². The van der Waals surface area contributed by atoms with Crippen molar-refractivity contribution in [3.63, 3.8) is 0 Å². The summed E-state index contributed by atoms with van der Waals surface area (Å²) in [4.78, 5) is 32.5. The number of aromatic nitrogens is 1. The fourth-order valence-electron chi connectivity index (χ4n) is 4.03. The number of carbonyl (C=O) groups is 2. The Morgan fingerprint density at radius 1 is 1.00 bits per heavy atom. The van der Waals surface area contributed by atoms with Gasteiger partial charge in [-0.05, 0) is 60.0 Å². The number of Topliss-reactive ketones (excluding diaryl/α,β-unsaturated/α-hetero) is 1. The summed E-state index contributed by atoms with van der Waals surface area (Å²) in [5.74, 6) is -1.77. The normalized spacial score (nSPS) is 17.6. The molecule has 3 aromatic carbocycles. The van der Waals surface area contributed by atoms with Crippen LogP contribution in [0.5, 0.6) is 0 Å². The third-order valence-corrected chi connectivity index (χ3v) is 7.32. The maximum atomic E-state index is 13.3. The predicted molar refractivity (Wildman–Crippen MR) is 137 cm³/mol. The maximum absolute atomic E-state index is 13.3. The first-order chi connectivity index (χ1) is 16.4. The third-order valence-electron chi connectivity index (χ3n) is 5.81. The van der Waals surface area contributed by atoms with Crippen LogP contribution in [-0.4, -0.2) is 21.8 Å². The van der Waals surface area contributed by atoms with Crippen LogP contribution in [0.1, 0.15) is 29.7 Å². The van der Waals surface area contributed by atoms with Gasteiger partial charge in [0.05, 0.1) is 21.8 Å². The average Bonchev–Trinajstić information content (AvgIpc) is 3.37. The zero-order valence-corrected chi connectivity index (χ0v) is 20.3. The summed E-state index contributed by atoms with van der Waals surface area (Å²) in [6, 6.07) is 18.6. The van der Waals surface area contributed by atoms with E-state index in [-0.39, 0.29) is 11.3 Å². The number of carbonyl (C=O) groups excluding carboxylic acids is 2. The van der Waals surface area contributed by atoms with Gasteiger partial charge in [-0.15, -0.1) is 0 Å². The van der Waals surface area contributed by atoms with Crippen molar-refractivity contribution in [3.8, 4) is 0 Å². The number of amides is 1. The molecule has 170 valence electrons. The van der Waals surface area contributed by atoms with Crippen molar-refractivity contribution in [2.24, 2.45) is 0 Å². The topological polar surface area (TPSA) is 70.5 Å². The van der Waals surface area contributed by atoms with Gasteiger partial charge in [-0.2, -0.15) is 0 Å². The molecular formula is C26H18Cl2N2O3S. The number of thiazole rings is 1. The third kappa shape index (κ3) is 3.88. The molecule has 1 fully saturated rings. The highest BCUT2D eigenvalue weighted by atomic mass is 35.5. The first-order valence-electron chi connectivity index (χ1n) is 10.6. The molecule has 1 saturated heterocycles. The van der Waals surface area contributed by atoms with E-state index in [0.717, 1.165) is 16.7 Å². The van der Waals surface area contributed by atoms with E-state index in [2.05, 4.69) is 4.98 Å². The number of nitrogens with zero attached hydrogens (tertiary/aromatic N) is 2. The van der Waals surface area contributed by atoms with E-state index in [9.17, 15) is 14.7 Å². The van der Waals surface area contributed by atoms with E-state index in [0.29, 0.717) is 31.8 Å². The summed E-state index contributed by atoms with van der Waals surface area (Å²) in [6.07, 6.45) is 0.851. The molecule has 0 radical (unpaired) electrons. The molecule has 0 bridgehead atoms. The van der Waals surface area contributed by atoms with Crippen molar-refractivity contribution in [2.45, 2.75) is 19.4 Å². The maximum Gasteiger partial charge on any atom is 0.301 e. The Hall–Kier alpha value is -3.19. The van der Waals surface area contributed by atoms with Crippen LogP contribution in [0.4, 0.5) is 5.13 Å². The van der Waals surface area contributed by atoms with Gasteiger partial charge in [0.15, 0.2) is 5.13 Å². The van der Waals surface area contributed by atoms with Gasteiger partial charge in [-0.25, -0.2) is 4.98 Å². The number of aliphatic hydroxyl groups excluding tert-OH is 1. The van der Waals surface area contributed by atoms with Crippen LogP contribution < -0.4 is 4.90 Å². The molecule has 2 heterocycles. The molecule has 1 aliphatic heterocycles. The molecule has 0 aliphatic carbocycles. The molecule has 34 heavy (non-hydrogen) atoms. The van der Waals surface area contributed by atoms with Crippen molar-refractivity contribution in [1.29, 1.82) is 0 Å². The molecule has 1 aromatic heterocycles. The van der Waals surface area contributed by atoms with Gasteiger partial charge < -0.3 is 5.11 Å². The second kappa shape index (κ2) is 8.87. The number of fused-ring (bicyclic) bond motifs is 1. The van der Waals surface area contributed by atoms with Crippen molar-refractivity contribution < 1.29 is 14.7 Å². The van der Waals surface area contributed by atoms with Crippen molar-refractivity contribution >= 4 is 67.3 Å². The molecule has 1 atom stereocenters. The van der Waals surface area contributed by atoms with E-state index < -0.39 is 17.7 Å². The van der Waals surface area contributed by atoms with E-state index >= 15 is 0 Å². The van der Waals surface area contributed by atoms with Gasteiger partial charge in [0, 0.05) is 15.6 Å². The van der Waals surface area contributed by atoms with E-state index in [1.807, 2.05) is 31.2 Å². The van der Waals surface area contributed by atoms with Crippen LogP contribution in [0.2, 0.25) is 10.0 Å². The highest BCUT2D eigenvalue weighted by Crippen LogP contribution is 2.44. The highest BCUT2D eigenvalue weighted by Gasteiger charge is 2.48. The Labute approximate surface area is 209 Å². The zero-order valence-electron chi connectivity index (χ0n) is 18.0. The van der Waals surface area contributed by atoms with Gasteiger partial charge in [-0.1, -0.05) is 65.7 Å². The second-order valence-electron chi connectivity index (χ2n) is 7.88. The number of anilines is 1. The number of hydrogen-bond donors (Lipinski definition) is 1. The first kappa shape index (κ1) is 22.6. The zero-order chi connectivity index (χ0) is 24.0. The molecule has 0 saturated carbocycles. The highest BCUT2D eigenvalue weighted by molar-refractivity contribution is 7.22. The molecule has 0 spiro atoms. The van der Waals surface area contributed by atoms with Crippen molar-refractivity contribution in [1.82, 2.24) is 4.98 Å². The largest absolute Gasteiger partial charge is 0.507 e. The SMILES string of the molecule is CCc1ccc(C2C(=C(O)c3ccc(Cl)cc3)C(=O)C(=O)N2c2nc3ccc(Cl)cc3s2)cc1. The fraction of sp³-hybridized carbons (Fsp3) is 0.115. The molecular weight excluding hydrogens is 491 g/mol. The van der Waals surface area contributed by atoms with Crippen molar-refractivity contribution in [3.05, 3.63) is 99.0 Å². The van der Waals surface area contributed by atoms with Gasteiger partial charge in [0.1, 0.15) is 5.76 Å². The Balaban J connectivity index is 1.72. The first-order valence-corrected chi connectivity index (χ1v) is 12.2. The smallest absolute Gasteiger partial charge is 0.301 e. The standard InChI is InChI=1S/C26H18Cl2N2O3S/c1-2-14-3-5-15(6-4-14)22-21(23(31)16-7-9-17(27)10-8-16)24(32)25(33)30(22)26-29-19-12-11-18(28)13-20(19)34-26/h3-13,22,31H,2H2,1H3. The number of benzene rings is 3. The molecule has 8 heteroatoms. The number of rotatable bonds is 4. The van der Waals surface area contributed by atoms with Crippen molar-refractivity contribution in [2.75, 3.05) is 4.90 Å². The molecule has 1 amide bonds. The summed E-state index contributed by atoms with van der Waals surface area (Å²) in [5.41, 5.74) is 2.89. The van der Waals surface area contributed by atoms with Gasteiger partial charge in [-0.3, -0.25) is 14.5 Å². The number of aliphatic hydroxyl groups is 1. The summed E-state index contributed by atoms with van der Waals surface area (Å²) < 4.78 is 0.794. The summed E-state index contributed by atoms with van der Waals surface area (Å²) in [6.45, 7) is 2.05. The van der Waals surface area contributed by atoms with Crippen LogP contribution in [-0.2, 0) is 16.0 Å². The number of halogens is 2. The Kier molecular flexibility index (Phi) is 5.90.